The fourth-order valence-electron chi connectivity index (χ4n) is 2.60. The molecule has 2 N–H and O–H groups in total. The molecule has 1 fully saturated rings. The van der Waals surface area contributed by atoms with Gasteiger partial charge in [0, 0.05) is 24.9 Å². The number of rotatable bonds is 5. The van der Waals surface area contributed by atoms with Crippen LogP contribution in [-0.4, -0.2) is 22.6 Å². The van der Waals surface area contributed by atoms with Crippen LogP contribution in [0.25, 0.3) is 0 Å². The van der Waals surface area contributed by atoms with Gasteiger partial charge in [0.2, 0.25) is 0 Å². The lowest BCUT2D eigenvalue weighted by Gasteiger charge is -2.29. The van der Waals surface area contributed by atoms with Crippen molar-refractivity contribution in [1.82, 2.24) is 15.3 Å². The van der Waals surface area contributed by atoms with Gasteiger partial charge in [-0.2, -0.15) is 0 Å². The molecule has 1 heterocycles. The van der Waals surface area contributed by atoms with Gasteiger partial charge in [-0.25, -0.2) is 4.98 Å². The van der Waals surface area contributed by atoms with E-state index in [1.807, 2.05) is 12.4 Å². The van der Waals surface area contributed by atoms with Crippen LogP contribution in [-0.2, 0) is 6.42 Å². The van der Waals surface area contributed by atoms with Gasteiger partial charge in [-0.1, -0.05) is 19.8 Å². The molecule has 1 aromatic rings. The van der Waals surface area contributed by atoms with Gasteiger partial charge in [0.25, 0.3) is 0 Å². The molecule has 1 aliphatic carbocycles. The highest BCUT2D eigenvalue weighted by atomic mass is 14.9. The largest absolute Gasteiger partial charge is 0.349 e. The van der Waals surface area contributed by atoms with Crippen LogP contribution in [0.4, 0.5) is 0 Å². The fraction of sp³-hybridized carbons (Fsp3) is 0.769. The molecule has 3 heteroatoms. The first-order chi connectivity index (χ1) is 7.86. The van der Waals surface area contributed by atoms with Crippen LogP contribution in [0.5, 0.6) is 0 Å². The Labute approximate surface area is 98.1 Å². The number of aromatic nitrogens is 2. The number of nitrogens with one attached hydrogen (secondary N) is 2. The van der Waals surface area contributed by atoms with E-state index >= 15 is 0 Å². The fourth-order valence-corrected chi connectivity index (χ4v) is 2.60. The summed E-state index contributed by atoms with van der Waals surface area (Å²) in [7, 11) is 0. The van der Waals surface area contributed by atoms with E-state index in [-0.39, 0.29) is 0 Å². The average molecular weight is 221 g/mol. The Kier molecular flexibility index (Phi) is 4.40. The van der Waals surface area contributed by atoms with E-state index in [2.05, 4.69) is 22.2 Å². The van der Waals surface area contributed by atoms with Crippen LogP contribution in [0.2, 0.25) is 0 Å². The summed E-state index contributed by atoms with van der Waals surface area (Å²) in [4.78, 5) is 7.38. The van der Waals surface area contributed by atoms with Crippen LogP contribution in [0.15, 0.2) is 12.4 Å². The quantitative estimate of drug-likeness (QED) is 0.750. The summed E-state index contributed by atoms with van der Waals surface area (Å²) in [5.41, 5.74) is 0. The standard InChI is InChI=1S/C13H23N3/c1-11-5-2-3-6-12(11)14-8-4-7-13-15-9-10-16-13/h9-12,14H,2-8H2,1H3,(H,15,16). The van der Waals surface area contributed by atoms with E-state index in [1.54, 1.807) is 0 Å². The highest BCUT2D eigenvalue weighted by molar-refractivity contribution is 4.87. The van der Waals surface area contributed by atoms with Gasteiger partial charge in [0.1, 0.15) is 5.82 Å². The van der Waals surface area contributed by atoms with E-state index in [0.29, 0.717) is 0 Å². The predicted molar refractivity (Wildman–Crippen MR) is 66.3 cm³/mol. The summed E-state index contributed by atoms with van der Waals surface area (Å²) < 4.78 is 0. The number of H-pyrrole nitrogens is 1. The van der Waals surface area contributed by atoms with Crippen molar-refractivity contribution < 1.29 is 0 Å². The molecular weight excluding hydrogens is 198 g/mol. The molecule has 3 nitrogen and oxygen atoms in total. The van der Waals surface area contributed by atoms with Crippen molar-refractivity contribution in [3.05, 3.63) is 18.2 Å². The molecule has 0 radical (unpaired) electrons. The third-order valence-corrected chi connectivity index (χ3v) is 3.66. The van der Waals surface area contributed by atoms with E-state index in [9.17, 15) is 0 Å². The van der Waals surface area contributed by atoms with Gasteiger partial charge in [0.05, 0.1) is 0 Å². The van der Waals surface area contributed by atoms with Crippen molar-refractivity contribution in [3.63, 3.8) is 0 Å². The molecule has 2 unspecified atom stereocenters. The van der Waals surface area contributed by atoms with Crippen LogP contribution >= 0.6 is 0 Å². The summed E-state index contributed by atoms with van der Waals surface area (Å²) in [6, 6.07) is 0.755. The molecule has 1 aliphatic rings. The van der Waals surface area contributed by atoms with Crippen LogP contribution in [0.3, 0.4) is 0 Å². The van der Waals surface area contributed by atoms with Crippen molar-refractivity contribution >= 4 is 0 Å². The summed E-state index contributed by atoms with van der Waals surface area (Å²) >= 11 is 0. The molecule has 0 aliphatic heterocycles. The normalized spacial score (nSPS) is 25.8. The molecule has 0 amide bonds. The first kappa shape index (κ1) is 11.6. The zero-order chi connectivity index (χ0) is 11.2. The van der Waals surface area contributed by atoms with Crippen molar-refractivity contribution in [2.24, 2.45) is 5.92 Å². The second-order valence-electron chi connectivity index (χ2n) is 4.96. The Morgan fingerprint density at radius 3 is 3.06 bits per heavy atom. The van der Waals surface area contributed by atoms with Gasteiger partial charge in [-0.3, -0.25) is 0 Å². The molecule has 1 aromatic heterocycles. The van der Waals surface area contributed by atoms with E-state index in [1.165, 1.54) is 32.1 Å². The number of hydrogen-bond donors (Lipinski definition) is 2. The Bertz CT molecular complexity index is 281. The smallest absolute Gasteiger partial charge is 0.106 e. The monoisotopic (exact) mass is 221 g/mol. The van der Waals surface area contributed by atoms with Crippen molar-refractivity contribution in [3.8, 4) is 0 Å². The van der Waals surface area contributed by atoms with Gasteiger partial charge < -0.3 is 10.3 Å². The lowest BCUT2D eigenvalue weighted by molar-refractivity contribution is 0.280. The minimum Gasteiger partial charge on any atom is -0.349 e. The summed E-state index contributed by atoms with van der Waals surface area (Å²) in [6.07, 6.45) is 11.5. The maximum atomic E-state index is 4.23. The third-order valence-electron chi connectivity index (χ3n) is 3.66. The van der Waals surface area contributed by atoms with E-state index in [0.717, 1.165) is 30.7 Å². The Morgan fingerprint density at radius 1 is 1.44 bits per heavy atom. The summed E-state index contributed by atoms with van der Waals surface area (Å²) in [5.74, 6) is 1.97. The van der Waals surface area contributed by atoms with Crippen LogP contribution < -0.4 is 5.32 Å². The number of hydrogen-bond acceptors (Lipinski definition) is 2. The highest BCUT2D eigenvalue weighted by Crippen LogP contribution is 2.23. The number of imidazole rings is 1. The van der Waals surface area contributed by atoms with Gasteiger partial charge >= 0.3 is 0 Å². The van der Waals surface area contributed by atoms with Gasteiger partial charge in [-0.15, -0.1) is 0 Å². The highest BCUT2D eigenvalue weighted by Gasteiger charge is 2.19. The molecule has 90 valence electrons. The van der Waals surface area contributed by atoms with E-state index < -0.39 is 0 Å². The zero-order valence-electron chi connectivity index (χ0n) is 10.2. The number of nitrogens with zero attached hydrogens (tertiary/aromatic N) is 1. The third kappa shape index (κ3) is 3.34. The number of aromatic amines is 1. The molecule has 0 saturated heterocycles. The Hall–Kier alpha value is -0.830. The van der Waals surface area contributed by atoms with Crippen molar-refractivity contribution in [2.75, 3.05) is 6.54 Å². The minimum atomic E-state index is 0.755. The molecule has 0 spiro atoms. The molecule has 0 aromatic carbocycles. The Balaban J connectivity index is 1.60. The number of aryl methyl sites for hydroxylation is 1. The second kappa shape index (κ2) is 6.04. The molecular formula is C13H23N3. The van der Waals surface area contributed by atoms with Crippen LogP contribution in [0, 0.1) is 5.92 Å². The zero-order valence-corrected chi connectivity index (χ0v) is 10.2. The minimum absolute atomic E-state index is 0.755. The molecule has 2 rings (SSSR count). The van der Waals surface area contributed by atoms with Crippen molar-refractivity contribution in [2.45, 2.75) is 51.5 Å². The summed E-state index contributed by atoms with van der Waals surface area (Å²) in [5, 5.41) is 3.69. The molecule has 2 atom stereocenters. The maximum absolute atomic E-state index is 4.23. The average Bonchev–Trinajstić information content (AvgIpc) is 2.79. The van der Waals surface area contributed by atoms with Crippen molar-refractivity contribution in [1.29, 1.82) is 0 Å². The first-order valence-corrected chi connectivity index (χ1v) is 6.58. The summed E-state index contributed by atoms with van der Waals surface area (Å²) in [6.45, 7) is 3.50. The maximum Gasteiger partial charge on any atom is 0.106 e. The van der Waals surface area contributed by atoms with Gasteiger partial charge in [0.15, 0.2) is 0 Å². The molecule has 16 heavy (non-hydrogen) atoms. The van der Waals surface area contributed by atoms with Crippen LogP contribution in [0.1, 0.15) is 44.9 Å². The second-order valence-corrected chi connectivity index (χ2v) is 4.96. The topological polar surface area (TPSA) is 40.7 Å². The predicted octanol–water partition coefficient (Wildman–Crippen LogP) is 2.51. The lowest BCUT2D eigenvalue weighted by atomic mass is 9.86. The molecule has 0 bridgehead atoms. The Morgan fingerprint density at radius 2 is 2.31 bits per heavy atom. The van der Waals surface area contributed by atoms with E-state index in [4.69, 9.17) is 0 Å². The molecule has 1 saturated carbocycles. The first-order valence-electron chi connectivity index (χ1n) is 6.58. The SMILES string of the molecule is CC1CCCCC1NCCCc1ncc[nH]1. The van der Waals surface area contributed by atoms with Gasteiger partial charge in [-0.05, 0) is 31.7 Å². The lowest BCUT2D eigenvalue weighted by Crippen LogP contribution is -2.37.